The minimum absolute atomic E-state index is 0.0334. The lowest BCUT2D eigenvalue weighted by molar-refractivity contribution is -0.122. The van der Waals surface area contributed by atoms with E-state index in [9.17, 15) is 9.59 Å². The Morgan fingerprint density at radius 3 is 2.48 bits per heavy atom. The van der Waals surface area contributed by atoms with Crippen molar-refractivity contribution < 1.29 is 19.1 Å². The van der Waals surface area contributed by atoms with E-state index < -0.39 is 0 Å². The van der Waals surface area contributed by atoms with Gasteiger partial charge in [-0.1, -0.05) is 29.8 Å². The Kier molecular flexibility index (Phi) is 5.33. The molecule has 2 aromatic rings. The molecule has 0 aromatic heterocycles. The minimum atomic E-state index is -0.358. The third-order valence-electron chi connectivity index (χ3n) is 5.69. The molecule has 0 radical (unpaired) electrons. The van der Waals surface area contributed by atoms with Gasteiger partial charge in [-0.05, 0) is 42.2 Å². The van der Waals surface area contributed by atoms with Crippen LogP contribution in [0.25, 0.3) is 0 Å². The second kappa shape index (κ2) is 7.91. The first kappa shape index (κ1) is 19.5. The topological polar surface area (TPSA) is 64.6 Å². The van der Waals surface area contributed by atoms with Crippen LogP contribution in [-0.4, -0.2) is 25.9 Å². The molecule has 0 spiro atoms. The summed E-state index contributed by atoms with van der Waals surface area (Å²) in [4.78, 5) is 25.8. The van der Waals surface area contributed by atoms with Crippen molar-refractivity contribution in [3.8, 4) is 11.5 Å². The number of nitrogens with one attached hydrogen (secondary N) is 1. The molecule has 0 unspecified atom stereocenters. The highest BCUT2D eigenvalue weighted by Gasteiger charge is 2.39. The number of rotatable bonds is 4. The molecule has 2 aromatic carbocycles. The Balaban J connectivity index is 1.77. The van der Waals surface area contributed by atoms with Gasteiger partial charge in [0, 0.05) is 40.6 Å². The van der Waals surface area contributed by atoms with Crippen molar-refractivity contribution in [2.45, 2.75) is 31.1 Å². The van der Waals surface area contributed by atoms with Crippen molar-refractivity contribution in [2.24, 2.45) is 0 Å². The summed E-state index contributed by atoms with van der Waals surface area (Å²) in [6.07, 6.45) is 1.13. The monoisotopic (exact) mass is 411 g/mol. The summed E-state index contributed by atoms with van der Waals surface area (Å²) in [5.74, 6) is 0.812. The van der Waals surface area contributed by atoms with Crippen LogP contribution < -0.4 is 14.8 Å². The van der Waals surface area contributed by atoms with E-state index in [1.54, 1.807) is 26.4 Å². The van der Waals surface area contributed by atoms with Gasteiger partial charge in [0.25, 0.3) is 0 Å². The molecule has 0 fully saturated rings. The molecule has 6 heteroatoms. The van der Waals surface area contributed by atoms with Crippen molar-refractivity contribution >= 4 is 23.3 Å². The molecule has 1 aliphatic carbocycles. The molecule has 4 rings (SSSR count). The number of methoxy groups -OCH3 is 2. The summed E-state index contributed by atoms with van der Waals surface area (Å²) in [5.41, 5.74) is 3.08. The third-order valence-corrected chi connectivity index (χ3v) is 6.04. The second-order valence-electron chi connectivity index (χ2n) is 7.35. The van der Waals surface area contributed by atoms with Crippen LogP contribution in [0.1, 0.15) is 42.2 Å². The third kappa shape index (κ3) is 3.62. The van der Waals surface area contributed by atoms with Crippen LogP contribution in [0.3, 0.4) is 0 Å². The van der Waals surface area contributed by atoms with E-state index >= 15 is 0 Å². The number of allylic oxidation sites excluding steroid dienone is 2. The molecule has 2 atom stereocenters. The first-order valence-electron chi connectivity index (χ1n) is 9.54. The van der Waals surface area contributed by atoms with Crippen LogP contribution in [-0.2, 0) is 9.59 Å². The zero-order valence-electron chi connectivity index (χ0n) is 16.3. The average Bonchev–Trinajstić information content (AvgIpc) is 2.72. The van der Waals surface area contributed by atoms with E-state index in [4.69, 9.17) is 21.1 Å². The summed E-state index contributed by atoms with van der Waals surface area (Å²) < 4.78 is 10.9. The lowest BCUT2D eigenvalue weighted by Crippen LogP contribution is -2.38. The van der Waals surface area contributed by atoms with Crippen LogP contribution in [0, 0.1) is 0 Å². The fraction of sp³-hybridized carbons (Fsp3) is 0.304. The molecule has 5 nitrogen and oxygen atoms in total. The Bertz CT molecular complexity index is 1010. The van der Waals surface area contributed by atoms with Crippen molar-refractivity contribution in [1.29, 1.82) is 0 Å². The van der Waals surface area contributed by atoms with Gasteiger partial charge < -0.3 is 14.8 Å². The number of hydrogen-bond donors (Lipinski definition) is 1. The van der Waals surface area contributed by atoms with E-state index in [0.717, 1.165) is 11.1 Å². The number of carbonyl (C=O) groups excluding carboxylic acids is 2. The van der Waals surface area contributed by atoms with Crippen molar-refractivity contribution in [1.82, 2.24) is 5.32 Å². The van der Waals surface area contributed by atoms with Gasteiger partial charge in [-0.25, -0.2) is 0 Å². The molecule has 2 aliphatic rings. The number of amides is 1. The number of benzene rings is 2. The summed E-state index contributed by atoms with van der Waals surface area (Å²) >= 11 is 6.36. The summed E-state index contributed by atoms with van der Waals surface area (Å²) in [6.45, 7) is 0. The van der Waals surface area contributed by atoms with E-state index in [1.165, 1.54) is 0 Å². The van der Waals surface area contributed by atoms with Gasteiger partial charge in [0.15, 0.2) is 5.78 Å². The molecule has 0 saturated carbocycles. The highest BCUT2D eigenvalue weighted by atomic mass is 35.5. The van der Waals surface area contributed by atoms with E-state index in [0.29, 0.717) is 40.6 Å². The van der Waals surface area contributed by atoms with Gasteiger partial charge >= 0.3 is 0 Å². The number of hydrogen-bond acceptors (Lipinski definition) is 4. The Labute approximate surface area is 174 Å². The Morgan fingerprint density at radius 1 is 0.966 bits per heavy atom. The average molecular weight is 412 g/mol. The Hall–Kier alpha value is -2.79. The van der Waals surface area contributed by atoms with Crippen LogP contribution in [0.5, 0.6) is 11.5 Å². The second-order valence-corrected chi connectivity index (χ2v) is 7.76. The number of ether oxygens (including phenoxy) is 2. The van der Waals surface area contributed by atoms with Crippen LogP contribution in [0.4, 0.5) is 0 Å². The van der Waals surface area contributed by atoms with E-state index in [2.05, 4.69) is 5.32 Å². The highest BCUT2D eigenvalue weighted by Crippen LogP contribution is 2.46. The molecule has 1 aliphatic heterocycles. The minimum Gasteiger partial charge on any atom is -0.497 e. The largest absolute Gasteiger partial charge is 0.497 e. The normalized spacial score (nSPS) is 21.5. The lowest BCUT2D eigenvalue weighted by Gasteiger charge is -2.35. The van der Waals surface area contributed by atoms with E-state index in [1.807, 2.05) is 30.3 Å². The molecule has 1 amide bonds. The van der Waals surface area contributed by atoms with Crippen LogP contribution in [0.2, 0.25) is 5.02 Å². The van der Waals surface area contributed by atoms with Crippen molar-refractivity contribution in [3.63, 3.8) is 0 Å². The number of carbonyl (C=O) groups is 2. The molecule has 29 heavy (non-hydrogen) atoms. The highest BCUT2D eigenvalue weighted by molar-refractivity contribution is 6.31. The number of Topliss-reactive ketones (excluding diaryl/α,β-unsaturated/α-hetero) is 1. The first-order chi connectivity index (χ1) is 14.0. The predicted molar refractivity (Wildman–Crippen MR) is 111 cm³/mol. The summed E-state index contributed by atoms with van der Waals surface area (Å²) in [6, 6.07) is 13.0. The number of ketones is 1. The summed E-state index contributed by atoms with van der Waals surface area (Å²) in [7, 11) is 3.17. The standard InChI is InChI=1S/C23H22ClNO4/c1-28-14-7-8-21(29-2)16(11-14)17-12-22(27)25-19-9-13(10-20(26)23(17)19)15-5-3-4-6-18(15)24/h3-8,11,13,17H,9-10,12H2,1-2H3,(H,25,27)/t13-,17-/m0/s1. The van der Waals surface area contributed by atoms with Gasteiger partial charge in [-0.2, -0.15) is 0 Å². The molecular weight excluding hydrogens is 390 g/mol. The molecule has 1 N–H and O–H groups in total. The van der Waals surface area contributed by atoms with Crippen molar-refractivity contribution in [3.05, 3.63) is 69.9 Å². The van der Waals surface area contributed by atoms with Crippen LogP contribution in [0.15, 0.2) is 53.7 Å². The molecular formula is C23H22ClNO4. The van der Waals surface area contributed by atoms with Crippen molar-refractivity contribution in [2.75, 3.05) is 14.2 Å². The molecule has 0 bridgehead atoms. The lowest BCUT2D eigenvalue weighted by atomic mass is 9.73. The van der Waals surface area contributed by atoms with Gasteiger partial charge in [-0.15, -0.1) is 0 Å². The first-order valence-corrected chi connectivity index (χ1v) is 9.92. The SMILES string of the molecule is COc1ccc(OC)c([C@@H]2CC(=O)NC3=C2C(=O)C[C@@H](c2ccccc2Cl)C3)c1. The zero-order valence-corrected chi connectivity index (χ0v) is 17.1. The van der Waals surface area contributed by atoms with Gasteiger partial charge in [0.1, 0.15) is 11.5 Å². The molecule has 1 heterocycles. The maximum atomic E-state index is 13.2. The fourth-order valence-corrected chi connectivity index (χ4v) is 4.65. The molecule has 150 valence electrons. The van der Waals surface area contributed by atoms with E-state index in [-0.39, 0.29) is 29.9 Å². The maximum Gasteiger partial charge on any atom is 0.225 e. The smallest absolute Gasteiger partial charge is 0.225 e. The summed E-state index contributed by atoms with van der Waals surface area (Å²) in [5, 5.41) is 3.58. The quantitative estimate of drug-likeness (QED) is 0.811. The zero-order chi connectivity index (χ0) is 20.5. The van der Waals surface area contributed by atoms with Crippen LogP contribution >= 0.6 is 11.6 Å². The van der Waals surface area contributed by atoms with Gasteiger partial charge in [0.2, 0.25) is 5.91 Å². The van der Waals surface area contributed by atoms with Gasteiger partial charge in [-0.3, -0.25) is 9.59 Å². The number of halogens is 1. The Morgan fingerprint density at radius 2 is 1.76 bits per heavy atom. The fourth-order valence-electron chi connectivity index (χ4n) is 4.36. The molecule has 0 saturated heterocycles. The predicted octanol–water partition coefficient (Wildman–Crippen LogP) is 4.36. The maximum absolute atomic E-state index is 13.2. The van der Waals surface area contributed by atoms with Gasteiger partial charge in [0.05, 0.1) is 14.2 Å².